The van der Waals surface area contributed by atoms with Gasteiger partial charge in [0, 0.05) is 119 Å². The van der Waals surface area contributed by atoms with Gasteiger partial charge in [0.15, 0.2) is 5.96 Å². The first-order valence-corrected chi connectivity index (χ1v) is 45.4. The van der Waals surface area contributed by atoms with Crippen LogP contribution in [0.3, 0.4) is 0 Å². The quantitative estimate of drug-likeness (QED) is 0.0157. The maximum absolute atomic E-state index is 15.7. The highest BCUT2D eigenvalue weighted by Gasteiger charge is 2.44. The minimum atomic E-state index is -1.85. The number of aliphatic hydroxyl groups is 1. The van der Waals surface area contributed by atoms with E-state index in [4.69, 9.17) is 22.6 Å². The number of para-hydroxylation sites is 2. The van der Waals surface area contributed by atoms with E-state index in [0.717, 1.165) is 36.3 Å². The molecule has 14 atom stereocenters. The number of amides is 17. The summed E-state index contributed by atoms with van der Waals surface area (Å²) < 4.78 is 0. The Morgan fingerprint density at radius 1 is 0.545 bits per heavy atom. The van der Waals surface area contributed by atoms with Crippen molar-refractivity contribution in [3.8, 4) is 0 Å². The summed E-state index contributed by atoms with van der Waals surface area (Å²) in [6.07, 6.45) is 6.31. The van der Waals surface area contributed by atoms with E-state index in [1.54, 1.807) is 105 Å². The number of nitrogens with two attached hydrogens (primary N) is 3. The molecule has 3 aromatic carbocycles. The van der Waals surface area contributed by atoms with Crippen molar-refractivity contribution in [2.75, 3.05) is 72.5 Å². The number of carbonyl (C=O) groups is 17. The summed E-state index contributed by atoms with van der Waals surface area (Å²) in [5, 5.41) is 49.4. The molecule has 17 amide bonds. The first kappa shape index (κ1) is 104. The average Bonchev–Trinajstić information content (AvgIpc) is 1.67. The molecule has 0 radical (unpaired) electrons. The van der Waals surface area contributed by atoms with Crippen molar-refractivity contribution in [3.63, 3.8) is 0 Å². The zero-order chi connectivity index (χ0) is 96.6. The second kappa shape index (κ2) is 50.6. The third kappa shape index (κ3) is 29.5. The van der Waals surface area contributed by atoms with Gasteiger partial charge in [0.2, 0.25) is 100 Å². The number of thioether (sulfide) groups is 1. The van der Waals surface area contributed by atoms with Crippen molar-refractivity contribution in [2.45, 2.75) is 216 Å². The number of aliphatic hydroxyl groups excluding tert-OH is 1. The van der Waals surface area contributed by atoms with Gasteiger partial charge in [0.25, 0.3) is 0 Å². The van der Waals surface area contributed by atoms with Gasteiger partial charge in [-0.05, 0) is 80.2 Å². The van der Waals surface area contributed by atoms with E-state index in [9.17, 15) is 62.6 Å². The van der Waals surface area contributed by atoms with Crippen LogP contribution in [0.1, 0.15) is 134 Å². The molecule has 2 unspecified atom stereocenters. The molecule has 0 bridgehead atoms. The van der Waals surface area contributed by atoms with Gasteiger partial charge in [-0.15, -0.1) is 11.8 Å². The van der Waals surface area contributed by atoms with Crippen LogP contribution in [0.5, 0.6) is 0 Å². The predicted molar refractivity (Wildman–Crippen MR) is 490 cm³/mol. The molecule has 716 valence electrons. The Labute approximate surface area is 768 Å². The summed E-state index contributed by atoms with van der Waals surface area (Å²) in [6, 6.07) is 2.89. The first-order valence-electron chi connectivity index (χ1n) is 44.3. The normalized spacial score (nSPS) is 23.7. The zero-order valence-corrected chi connectivity index (χ0v) is 76.7. The number of nitrogens with zero attached hydrogens (tertiary/aromatic N) is 6. The fourth-order valence-electron chi connectivity index (χ4n) is 15.7. The Kier molecular flexibility index (Phi) is 39.9. The van der Waals surface area contributed by atoms with Crippen LogP contribution in [0.4, 0.5) is 0 Å². The lowest BCUT2D eigenvalue weighted by atomic mass is 9.97. The van der Waals surface area contributed by atoms with Crippen LogP contribution in [0, 0.1) is 11.3 Å². The molecule has 132 heavy (non-hydrogen) atoms. The Balaban J connectivity index is 1.18. The fraction of sp³-hybridized carbons (Fsp3) is 0.517. The van der Waals surface area contributed by atoms with Gasteiger partial charge in [-0.3, -0.25) is 86.9 Å². The van der Waals surface area contributed by atoms with E-state index in [1.165, 1.54) is 47.6 Å². The maximum atomic E-state index is 15.7. The lowest BCUT2D eigenvalue weighted by Crippen LogP contribution is -2.61. The molecule has 0 aliphatic carbocycles. The number of H-pyrrole nitrogens is 3. The Morgan fingerprint density at radius 3 is 1.70 bits per heavy atom. The number of hydrogen-bond acceptors (Lipinski definition) is 21. The van der Waals surface area contributed by atoms with Gasteiger partial charge in [-0.1, -0.05) is 127 Å². The van der Waals surface area contributed by atoms with Crippen LogP contribution in [-0.4, -0.2) is 307 Å². The average molecular weight is 1850 g/mol. The number of aromatic nitrogens is 4. The van der Waals surface area contributed by atoms with E-state index in [1.807, 2.05) is 13.8 Å². The van der Waals surface area contributed by atoms with Crippen molar-refractivity contribution < 1.29 is 86.6 Å². The highest BCUT2D eigenvalue weighted by atomic mass is 32.2. The molecular formula is C89H126N24O18S. The second-order valence-corrected chi connectivity index (χ2v) is 34.4. The van der Waals surface area contributed by atoms with Crippen molar-refractivity contribution in [2.24, 2.45) is 23.1 Å². The molecule has 8 rings (SSSR count). The SMILES string of the molecule is CCCC[C@H]1C(=O)N(C)[C@@H](CCCC)C(=O)N[C@@H](CCCNC(=N)N)C(=O)NC(C(=O)NCC(N)=O)CSCC(=O)N[C@@H](Cc2ccccc2)C(=O)N(C)[C@@H](C)C(=O)N[C@@H](CC(N)=O)C(=O)N2CCC[C@H]2C(=O)N[C@@H](Cc2cnc[nH]2)C(=O)N[C@@H](C(C)CC)C(=O)N(C)CC(=O)N[C@@H](Cc2c[nH]c3ccccc23)C(=O)N[C@@H](CO)C(=O)N[C@@H](Cc2c[nH]c3ccccc23)C(=O)N1C. The third-order valence-electron chi connectivity index (χ3n) is 23.6. The number of likely N-dealkylation sites (N-methyl/N-ethyl adjacent to an activating group) is 4. The lowest BCUT2D eigenvalue weighted by Gasteiger charge is -2.36. The summed E-state index contributed by atoms with van der Waals surface area (Å²) in [5.74, 6) is -17.5. The highest BCUT2D eigenvalue weighted by molar-refractivity contribution is 8.00. The van der Waals surface area contributed by atoms with E-state index in [0.29, 0.717) is 69.9 Å². The minimum absolute atomic E-state index is 0.00142. The van der Waals surface area contributed by atoms with Gasteiger partial charge in [0.1, 0.15) is 78.5 Å². The summed E-state index contributed by atoms with van der Waals surface area (Å²) >= 11 is 0.795. The van der Waals surface area contributed by atoms with Gasteiger partial charge in [-0.25, -0.2) is 4.98 Å². The topological polar surface area (TPSA) is 621 Å². The maximum Gasteiger partial charge on any atom is 0.246 e. The van der Waals surface area contributed by atoms with Crippen LogP contribution in [0.25, 0.3) is 21.8 Å². The Bertz CT molecular complexity index is 5050. The van der Waals surface area contributed by atoms with Crippen LogP contribution < -0.4 is 75.7 Å². The number of hydrogen-bond donors (Lipinski definition) is 19. The fourth-order valence-corrected chi connectivity index (χ4v) is 16.6. The highest BCUT2D eigenvalue weighted by Crippen LogP contribution is 2.26. The second-order valence-electron chi connectivity index (χ2n) is 33.3. The number of unbranched alkanes of at least 4 members (excludes halogenated alkanes) is 2. The number of primary amides is 2. The molecule has 2 saturated heterocycles. The number of rotatable bonds is 26. The van der Waals surface area contributed by atoms with E-state index in [2.05, 4.69) is 78.4 Å². The van der Waals surface area contributed by atoms with Gasteiger partial charge in [-0.2, -0.15) is 0 Å². The van der Waals surface area contributed by atoms with Crippen molar-refractivity contribution in [1.29, 1.82) is 5.41 Å². The van der Waals surface area contributed by atoms with Gasteiger partial charge < -0.3 is 120 Å². The van der Waals surface area contributed by atoms with Crippen LogP contribution in [0.15, 0.2) is 104 Å². The monoisotopic (exact) mass is 1850 g/mol. The molecule has 2 fully saturated rings. The molecule has 2 aliphatic rings. The molecule has 3 aromatic heterocycles. The molecule has 43 heteroatoms. The number of imidazole rings is 1. The summed E-state index contributed by atoms with van der Waals surface area (Å²) in [4.78, 5) is 267. The molecular weight excluding hydrogens is 1730 g/mol. The molecule has 0 saturated carbocycles. The van der Waals surface area contributed by atoms with E-state index in [-0.39, 0.29) is 83.7 Å². The Morgan fingerprint density at radius 2 is 1.09 bits per heavy atom. The van der Waals surface area contributed by atoms with E-state index >= 15 is 24.0 Å². The van der Waals surface area contributed by atoms with Crippen LogP contribution >= 0.6 is 11.8 Å². The van der Waals surface area contributed by atoms with Crippen molar-refractivity contribution in [3.05, 3.63) is 126 Å². The van der Waals surface area contributed by atoms with Crippen molar-refractivity contribution >= 4 is 140 Å². The molecule has 2 aliphatic heterocycles. The number of benzene rings is 3. The third-order valence-corrected chi connectivity index (χ3v) is 24.6. The van der Waals surface area contributed by atoms with Crippen LogP contribution in [-0.2, 0) is 107 Å². The number of guanidine groups is 1. The molecule has 5 heterocycles. The van der Waals surface area contributed by atoms with Crippen LogP contribution in [0.2, 0.25) is 0 Å². The van der Waals surface area contributed by atoms with Gasteiger partial charge in [0.05, 0.1) is 38.2 Å². The first-order chi connectivity index (χ1) is 63.0. The predicted octanol–water partition coefficient (Wildman–Crippen LogP) is -2.14. The summed E-state index contributed by atoms with van der Waals surface area (Å²) in [7, 11) is 5.25. The molecule has 6 aromatic rings. The number of fused-ring (bicyclic) bond motifs is 3. The smallest absolute Gasteiger partial charge is 0.246 e. The number of nitrogens with one attached hydrogen (secondary N) is 15. The lowest BCUT2D eigenvalue weighted by molar-refractivity contribution is -0.149. The van der Waals surface area contributed by atoms with Crippen molar-refractivity contribution in [1.82, 2.24) is 103 Å². The minimum Gasteiger partial charge on any atom is -0.394 e. The summed E-state index contributed by atoms with van der Waals surface area (Å²) in [6.45, 7) is 5.80. The van der Waals surface area contributed by atoms with Gasteiger partial charge >= 0.3 is 0 Å². The summed E-state index contributed by atoms with van der Waals surface area (Å²) in [5.41, 5.74) is 20.0. The molecule has 42 nitrogen and oxygen atoms in total. The number of carbonyl (C=O) groups excluding carboxylic acids is 17. The standard InChI is InChI=1S/C89H126N24O18S/c1-10-13-31-68-82(125)102-60(30-22-34-95-89(92)93)78(121)107-67(77(120)98-44-72(91)116)47-132-48-74(118)101-63(36-52-24-16-15-17-25-52)84(127)110(7)51(5)76(119)104-65(40-71(90)115)86(129)113-35-23-33-69(113)83(126)103-62(39-55-43-94-49-99-55)80(123)108-75(50(4)12-3)88(131)109(6)45-73(117)100-61(37-53-41-96-58-28-20-18-26-56(53)58)79(122)106-66(46-114)81(124)105-64(38-54-42-97-59-29-21-19-27-57(54)59)85(128)112(9)70(32-14-11-2)87(130)111(68)8/h15-21,24-29,41-43,49-51,60-70,75,96-97,114H,10-14,22-23,30-40,44-48H2,1-9H3,(H2,90,115)(H2,91,116)(H,94,99)(H,98,120)(H,100,117)(H,101,118)(H,102,125)(H,103,126)(H,104,119)(H,105,124)(H,106,122)(H,107,121)(H,108,123)(H4,92,93,95)/t50?,51-,60-,61-,62-,63-,64-,65-,66-,67?,68-,69-,70-,75-/m0/s1. The largest absolute Gasteiger partial charge is 0.394 e. The molecule has 22 N–H and O–H groups in total. The zero-order valence-electron chi connectivity index (χ0n) is 75.9. The van der Waals surface area contributed by atoms with E-state index < -0.39 is 228 Å². The Hall–Kier alpha value is -13.5. The number of aromatic amines is 3. The molecule has 0 spiro atoms.